The van der Waals surface area contributed by atoms with Gasteiger partial charge in [0.25, 0.3) is 0 Å². The Kier molecular flexibility index (Phi) is 6.24. The molecule has 2 aromatic heterocycles. The number of nitrogens with one attached hydrogen (secondary N) is 1. The van der Waals surface area contributed by atoms with Crippen molar-refractivity contribution in [2.75, 3.05) is 5.32 Å². The number of aromatic nitrogens is 4. The van der Waals surface area contributed by atoms with Crippen molar-refractivity contribution in [3.63, 3.8) is 0 Å². The lowest BCUT2D eigenvalue weighted by molar-refractivity contribution is -0.119. The van der Waals surface area contributed by atoms with E-state index in [-0.39, 0.29) is 5.91 Å². The van der Waals surface area contributed by atoms with Gasteiger partial charge >= 0.3 is 0 Å². The van der Waals surface area contributed by atoms with Gasteiger partial charge in [-0.1, -0.05) is 36.2 Å². The Morgan fingerprint density at radius 3 is 2.63 bits per heavy atom. The molecule has 1 unspecified atom stereocenters. The van der Waals surface area contributed by atoms with Gasteiger partial charge in [-0.3, -0.25) is 14.2 Å². The highest BCUT2D eigenvalue weighted by molar-refractivity contribution is 9.10. The van der Waals surface area contributed by atoms with E-state index < -0.39 is 6.04 Å². The maximum absolute atomic E-state index is 12.7. The van der Waals surface area contributed by atoms with Crippen LogP contribution >= 0.6 is 39.1 Å². The van der Waals surface area contributed by atoms with Crippen LogP contribution in [0.4, 0.5) is 5.82 Å². The number of carbonyl (C=O) groups excluding carboxylic acids is 1. The van der Waals surface area contributed by atoms with Gasteiger partial charge in [0.05, 0.1) is 17.2 Å². The Balaban J connectivity index is 1.77. The van der Waals surface area contributed by atoms with Crippen molar-refractivity contribution < 1.29 is 4.79 Å². The standard InChI is InChI=1S/C18H18BrCl2N5O/c1-3-16(26-9-12(19)8-22-26)18(27)23-17-7-11(2)25(24-17)10-13-14(20)5-4-6-15(13)21/h4-9,16H,3,10H2,1-2H3,(H,23,24,27). The summed E-state index contributed by atoms with van der Waals surface area (Å²) in [5.41, 5.74) is 1.67. The predicted molar refractivity (Wildman–Crippen MR) is 110 cm³/mol. The van der Waals surface area contributed by atoms with Crippen LogP contribution in [0.5, 0.6) is 0 Å². The van der Waals surface area contributed by atoms with Crippen LogP contribution in [0.1, 0.15) is 30.6 Å². The fraction of sp³-hybridized carbons (Fsp3) is 0.278. The molecule has 0 radical (unpaired) electrons. The maximum atomic E-state index is 12.7. The molecule has 142 valence electrons. The summed E-state index contributed by atoms with van der Waals surface area (Å²) in [6.07, 6.45) is 4.04. The molecule has 0 aliphatic heterocycles. The van der Waals surface area contributed by atoms with Gasteiger partial charge in [0.2, 0.25) is 5.91 Å². The Labute approximate surface area is 175 Å². The van der Waals surface area contributed by atoms with E-state index in [1.54, 1.807) is 40.0 Å². The molecular formula is C18H18BrCl2N5O. The number of hydrogen-bond donors (Lipinski definition) is 1. The second-order valence-electron chi connectivity index (χ2n) is 6.08. The Bertz CT molecular complexity index is 948. The van der Waals surface area contributed by atoms with Crippen LogP contribution in [-0.4, -0.2) is 25.5 Å². The summed E-state index contributed by atoms with van der Waals surface area (Å²) >= 11 is 15.8. The van der Waals surface area contributed by atoms with E-state index >= 15 is 0 Å². The summed E-state index contributed by atoms with van der Waals surface area (Å²) < 4.78 is 4.21. The number of amides is 1. The summed E-state index contributed by atoms with van der Waals surface area (Å²) in [5, 5.41) is 12.7. The third-order valence-electron chi connectivity index (χ3n) is 4.18. The van der Waals surface area contributed by atoms with Crippen LogP contribution in [0.25, 0.3) is 0 Å². The van der Waals surface area contributed by atoms with E-state index in [0.29, 0.717) is 28.8 Å². The highest BCUT2D eigenvalue weighted by Gasteiger charge is 2.21. The first-order valence-electron chi connectivity index (χ1n) is 8.37. The summed E-state index contributed by atoms with van der Waals surface area (Å²) in [4.78, 5) is 12.7. The summed E-state index contributed by atoms with van der Waals surface area (Å²) in [6.45, 7) is 4.27. The number of anilines is 1. The van der Waals surface area contributed by atoms with Gasteiger partial charge in [0.1, 0.15) is 6.04 Å². The van der Waals surface area contributed by atoms with Crippen molar-refractivity contribution in [2.24, 2.45) is 0 Å². The maximum Gasteiger partial charge on any atom is 0.250 e. The number of rotatable bonds is 6. The average Bonchev–Trinajstić information content (AvgIpc) is 3.18. The lowest BCUT2D eigenvalue weighted by Crippen LogP contribution is -2.26. The van der Waals surface area contributed by atoms with E-state index in [1.807, 2.05) is 19.9 Å². The molecule has 1 amide bonds. The quantitative estimate of drug-likeness (QED) is 0.545. The zero-order valence-electron chi connectivity index (χ0n) is 14.8. The first-order chi connectivity index (χ1) is 12.9. The molecule has 3 aromatic rings. The molecule has 0 fully saturated rings. The molecule has 0 spiro atoms. The van der Waals surface area contributed by atoms with Gasteiger partial charge in [-0.15, -0.1) is 0 Å². The van der Waals surface area contributed by atoms with E-state index in [2.05, 4.69) is 31.4 Å². The Morgan fingerprint density at radius 2 is 2.04 bits per heavy atom. The van der Waals surface area contributed by atoms with E-state index in [1.165, 1.54) is 0 Å². The molecule has 9 heteroatoms. The summed E-state index contributed by atoms with van der Waals surface area (Å²) in [7, 11) is 0. The second kappa shape index (κ2) is 8.46. The lowest BCUT2D eigenvalue weighted by Gasteiger charge is -2.14. The zero-order valence-corrected chi connectivity index (χ0v) is 17.9. The first-order valence-corrected chi connectivity index (χ1v) is 9.91. The number of nitrogens with zero attached hydrogens (tertiary/aromatic N) is 4. The van der Waals surface area contributed by atoms with Crippen LogP contribution in [0.15, 0.2) is 41.1 Å². The van der Waals surface area contributed by atoms with Crippen LogP contribution in [0.3, 0.4) is 0 Å². The molecule has 3 rings (SSSR count). The molecule has 2 heterocycles. The van der Waals surface area contributed by atoms with E-state index in [9.17, 15) is 4.79 Å². The Morgan fingerprint density at radius 1 is 1.33 bits per heavy atom. The molecule has 27 heavy (non-hydrogen) atoms. The first kappa shape index (κ1) is 19.9. The largest absolute Gasteiger partial charge is 0.307 e. The molecule has 1 N–H and O–H groups in total. The van der Waals surface area contributed by atoms with Gasteiger partial charge in [-0.25, -0.2) is 0 Å². The van der Waals surface area contributed by atoms with Crippen molar-refractivity contribution in [1.82, 2.24) is 19.6 Å². The third-order valence-corrected chi connectivity index (χ3v) is 5.30. The number of halogens is 3. The normalized spacial score (nSPS) is 12.2. The molecule has 0 aliphatic rings. The molecule has 0 saturated carbocycles. The molecule has 0 bridgehead atoms. The van der Waals surface area contributed by atoms with Crippen LogP contribution in [0, 0.1) is 6.92 Å². The molecule has 0 aliphatic carbocycles. The van der Waals surface area contributed by atoms with Crippen molar-refractivity contribution in [3.05, 3.63) is 62.4 Å². The number of aryl methyl sites for hydroxylation is 1. The molecule has 1 aromatic carbocycles. The zero-order chi connectivity index (χ0) is 19.6. The Hall–Kier alpha value is -1.83. The highest BCUT2D eigenvalue weighted by Crippen LogP contribution is 2.26. The highest BCUT2D eigenvalue weighted by atomic mass is 79.9. The molecule has 0 saturated heterocycles. The average molecular weight is 471 g/mol. The fourth-order valence-electron chi connectivity index (χ4n) is 2.75. The van der Waals surface area contributed by atoms with Gasteiger partial charge in [0.15, 0.2) is 5.82 Å². The van der Waals surface area contributed by atoms with Crippen molar-refractivity contribution in [2.45, 2.75) is 32.9 Å². The smallest absolute Gasteiger partial charge is 0.250 e. The summed E-state index contributed by atoms with van der Waals surface area (Å²) in [5.74, 6) is 0.305. The second-order valence-corrected chi connectivity index (χ2v) is 7.81. The number of carbonyl (C=O) groups is 1. The molecular weight excluding hydrogens is 453 g/mol. The monoisotopic (exact) mass is 469 g/mol. The molecule has 1 atom stereocenters. The van der Waals surface area contributed by atoms with E-state index in [0.717, 1.165) is 15.7 Å². The van der Waals surface area contributed by atoms with Crippen LogP contribution < -0.4 is 5.32 Å². The minimum absolute atomic E-state index is 0.173. The minimum Gasteiger partial charge on any atom is -0.307 e. The molecule has 6 nitrogen and oxygen atoms in total. The predicted octanol–water partition coefficient (Wildman–Crippen LogP) is 5.10. The van der Waals surface area contributed by atoms with Crippen molar-refractivity contribution in [3.8, 4) is 0 Å². The van der Waals surface area contributed by atoms with Crippen LogP contribution in [0.2, 0.25) is 10.0 Å². The van der Waals surface area contributed by atoms with Gasteiger partial charge < -0.3 is 5.32 Å². The number of hydrogen-bond acceptors (Lipinski definition) is 3. The van der Waals surface area contributed by atoms with Crippen molar-refractivity contribution >= 4 is 50.9 Å². The van der Waals surface area contributed by atoms with Gasteiger partial charge in [0, 0.05) is 33.6 Å². The van der Waals surface area contributed by atoms with Gasteiger partial charge in [-0.2, -0.15) is 10.2 Å². The lowest BCUT2D eigenvalue weighted by atomic mass is 10.2. The fourth-order valence-corrected chi connectivity index (χ4v) is 3.57. The van der Waals surface area contributed by atoms with Crippen molar-refractivity contribution in [1.29, 1.82) is 0 Å². The number of benzene rings is 1. The van der Waals surface area contributed by atoms with E-state index in [4.69, 9.17) is 23.2 Å². The third kappa shape index (κ3) is 4.54. The SMILES string of the molecule is CCC(C(=O)Nc1cc(C)n(Cc2c(Cl)cccc2Cl)n1)n1cc(Br)cn1. The van der Waals surface area contributed by atoms with Gasteiger partial charge in [-0.05, 0) is 41.4 Å². The minimum atomic E-state index is -0.417. The van der Waals surface area contributed by atoms with Crippen LogP contribution in [-0.2, 0) is 11.3 Å². The topological polar surface area (TPSA) is 64.7 Å². The summed E-state index contributed by atoms with van der Waals surface area (Å²) in [6, 6.07) is 6.78.